The minimum absolute atomic E-state index is 0.145. The number of aryl methyl sites for hydroxylation is 1. The number of allylic oxidation sites excluding steroid dienone is 8. The molecule has 42 heavy (non-hydrogen) atoms. The fraction of sp³-hybridized carbons (Fsp3) is 0.250. The second kappa shape index (κ2) is 14.3. The van der Waals surface area contributed by atoms with E-state index in [4.69, 9.17) is 9.73 Å². The third kappa shape index (κ3) is 7.94. The van der Waals surface area contributed by atoms with Crippen molar-refractivity contribution in [1.29, 1.82) is 0 Å². The Morgan fingerprint density at radius 2 is 1.69 bits per heavy atom. The number of aliphatic imine (C=N–C) groups is 1. The van der Waals surface area contributed by atoms with Crippen molar-refractivity contribution in [3.63, 3.8) is 0 Å². The molecule has 6 heteroatoms. The molecule has 2 aromatic carbocycles. The molecule has 218 valence electrons. The summed E-state index contributed by atoms with van der Waals surface area (Å²) < 4.78 is 5.49. The summed E-state index contributed by atoms with van der Waals surface area (Å²) in [6, 6.07) is 14.8. The monoisotopic (exact) mass is 563 g/mol. The summed E-state index contributed by atoms with van der Waals surface area (Å²) in [5.74, 6) is 0.303. The number of likely N-dealkylation sites (N-methyl/N-ethyl adjacent to an activating group) is 1. The average Bonchev–Trinajstić information content (AvgIpc) is 2.97. The van der Waals surface area contributed by atoms with E-state index >= 15 is 0 Å². The van der Waals surface area contributed by atoms with Crippen LogP contribution in [0.4, 0.5) is 5.69 Å². The van der Waals surface area contributed by atoms with E-state index in [-0.39, 0.29) is 11.8 Å². The summed E-state index contributed by atoms with van der Waals surface area (Å²) in [7, 11) is 3.34. The molecule has 0 spiro atoms. The van der Waals surface area contributed by atoms with Crippen LogP contribution < -0.4 is 5.32 Å². The second-order valence-corrected chi connectivity index (χ2v) is 10.7. The Hall–Kier alpha value is -4.71. The molecular formula is C36H41N3O3. The SMILES string of the molecule is C=C(N=C1C(C)=CC=C/C1=C(/C)C(=O)Nc1ccc(C(=O)N(C)C/C(=C/C(C)=C(C)C)OC)cc1)c1ccccc1C. The lowest BCUT2D eigenvalue weighted by Gasteiger charge is -2.19. The molecule has 3 rings (SSSR count). The second-order valence-electron chi connectivity index (χ2n) is 10.7. The largest absolute Gasteiger partial charge is 0.499 e. The Bertz CT molecular complexity index is 1560. The molecule has 0 atom stereocenters. The first-order valence-corrected chi connectivity index (χ1v) is 13.9. The first kappa shape index (κ1) is 31.8. The highest BCUT2D eigenvalue weighted by Gasteiger charge is 2.19. The van der Waals surface area contributed by atoms with Gasteiger partial charge in [0.05, 0.1) is 25.1 Å². The quantitative estimate of drug-likeness (QED) is 0.192. The molecule has 0 saturated carbocycles. The first-order valence-electron chi connectivity index (χ1n) is 13.9. The molecular weight excluding hydrogens is 522 g/mol. The van der Waals surface area contributed by atoms with Gasteiger partial charge in [-0.15, -0.1) is 0 Å². The maximum atomic E-state index is 13.3. The maximum absolute atomic E-state index is 13.3. The number of benzene rings is 2. The summed E-state index contributed by atoms with van der Waals surface area (Å²) >= 11 is 0. The van der Waals surface area contributed by atoms with Crippen LogP contribution >= 0.6 is 0 Å². The van der Waals surface area contributed by atoms with Gasteiger partial charge in [0.2, 0.25) is 0 Å². The van der Waals surface area contributed by atoms with E-state index in [0.29, 0.717) is 40.5 Å². The summed E-state index contributed by atoms with van der Waals surface area (Å²) in [4.78, 5) is 32.8. The van der Waals surface area contributed by atoms with Crippen LogP contribution in [0.15, 0.2) is 118 Å². The number of hydrogen-bond donors (Lipinski definition) is 1. The highest BCUT2D eigenvalue weighted by atomic mass is 16.5. The van der Waals surface area contributed by atoms with Crippen LogP contribution in [0.2, 0.25) is 0 Å². The van der Waals surface area contributed by atoms with Crippen LogP contribution in [0, 0.1) is 6.92 Å². The molecule has 0 fully saturated rings. The van der Waals surface area contributed by atoms with Crippen molar-refractivity contribution in [3.8, 4) is 0 Å². The molecule has 1 aliphatic carbocycles. The van der Waals surface area contributed by atoms with E-state index < -0.39 is 0 Å². The van der Waals surface area contributed by atoms with Crippen molar-refractivity contribution >= 4 is 28.9 Å². The molecule has 2 amide bonds. The number of amides is 2. The van der Waals surface area contributed by atoms with Gasteiger partial charge < -0.3 is 15.0 Å². The number of nitrogens with one attached hydrogen (secondary N) is 1. The van der Waals surface area contributed by atoms with Crippen molar-refractivity contribution in [1.82, 2.24) is 4.90 Å². The fourth-order valence-electron chi connectivity index (χ4n) is 4.33. The van der Waals surface area contributed by atoms with Gasteiger partial charge >= 0.3 is 0 Å². The molecule has 1 N–H and O–H groups in total. The van der Waals surface area contributed by atoms with Gasteiger partial charge in [-0.2, -0.15) is 0 Å². The molecule has 2 aromatic rings. The number of carbonyl (C=O) groups is 2. The molecule has 0 bridgehead atoms. The Morgan fingerprint density at radius 3 is 2.31 bits per heavy atom. The van der Waals surface area contributed by atoms with E-state index in [1.54, 1.807) is 50.2 Å². The van der Waals surface area contributed by atoms with Gasteiger partial charge in [-0.25, -0.2) is 4.99 Å². The lowest BCUT2D eigenvalue weighted by atomic mass is 9.93. The van der Waals surface area contributed by atoms with Crippen LogP contribution in [0.1, 0.15) is 56.1 Å². The lowest BCUT2D eigenvalue weighted by Crippen LogP contribution is -2.29. The Labute approximate surface area is 250 Å². The molecule has 1 aliphatic rings. The minimum atomic E-state index is -0.251. The van der Waals surface area contributed by atoms with Gasteiger partial charge in [0, 0.05) is 35.0 Å². The molecule has 6 nitrogen and oxygen atoms in total. The highest BCUT2D eigenvalue weighted by Crippen LogP contribution is 2.25. The number of hydrogen-bond acceptors (Lipinski definition) is 4. The zero-order chi connectivity index (χ0) is 31.0. The van der Waals surface area contributed by atoms with Crippen molar-refractivity contribution in [2.24, 2.45) is 4.99 Å². The summed E-state index contributed by atoms with van der Waals surface area (Å²) in [6.45, 7) is 16.4. The van der Waals surface area contributed by atoms with Crippen LogP contribution in [0.25, 0.3) is 5.70 Å². The summed E-state index contributed by atoms with van der Waals surface area (Å²) in [6.07, 6.45) is 7.73. The smallest absolute Gasteiger partial charge is 0.254 e. The fourth-order valence-corrected chi connectivity index (χ4v) is 4.33. The topological polar surface area (TPSA) is 71.0 Å². The Morgan fingerprint density at radius 1 is 1.02 bits per heavy atom. The van der Waals surface area contributed by atoms with Gasteiger partial charge in [0.25, 0.3) is 11.8 Å². The Balaban J connectivity index is 1.77. The van der Waals surface area contributed by atoms with Gasteiger partial charge in [0.1, 0.15) is 5.76 Å². The number of carbonyl (C=O) groups excluding carboxylic acids is 2. The number of nitrogens with zero attached hydrogens (tertiary/aromatic N) is 2. The molecule has 0 unspecified atom stereocenters. The van der Waals surface area contributed by atoms with Crippen molar-refractivity contribution in [2.45, 2.75) is 41.5 Å². The van der Waals surface area contributed by atoms with Crippen molar-refractivity contribution in [3.05, 3.63) is 130 Å². The molecule has 0 aromatic heterocycles. The van der Waals surface area contributed by atoms with E-state index in [9.17, 15) is 9.59 Å². The molecule has 0 radical (unpaired) electrons. The highest BCUT2D eigenvalue weighted by molar-refractivity contribution is 6.21. The van der Waals surface area contributed by atoms with Crippen molar-refractivity contribution in [2.75, 3.05) is 26.0 Å². The summed E-state index contributed by atoms with van der Waals surface area (Å²) in [5, 5.41) is 2.95. The van der Waals surface area contributed by atoms with Crippen LogP contribution in [-0.4, -0.2) is 43.1 Å². The molecule has 0 heterocycles. The molecule has 0 saturated heterocycles. The van der Waals surface area contributed by atoms with E-state index in [1.807, 2.05) is 83.2 Å². The number of rotatable bonds is 9. The predicted molar refractivity (Wildman–Crippen MR) is 174 cm³/mol. The predicted octanol–water partition coefficient (Wildman–Crippen LogP) is 7.84. The van der Waals surface area contributed by atoms with Gasteiger partial charge in [0.15, 0.2) is 0 Å². The van der Waals surface area contributed by atoms with Gasteiger partial charge in [-0.3, -0.25) is 9.59 Å². The van der Waals surface area contributed by atoms with E-state index in [2.05, 4.69) is 11.9 Å². The van der Waals surface area contributed by atoms with Crippen LogP contribution in [-0.2, 0) is 9.53 Å². The third-order valence-electron chi connectivity index (χ3n) is 7.24. The standard InChI is InChI=1S/C36H41N3O3/c1-23(2)26(5)21-31(42-9)22-39(8)36(41)29-17-19-30(20-18-29)38-35(40)27(6)33-16-12-14-25(4)34(33)37-28(7)32-15-11-10-13-24(32)3/h10-21H,7,22H2,1-6,8-9H3,(H,38,40)/b31-21-,33-27+,37-34?. The number of methoxy groups -OCH3 is 1. The summed E-state index contributed by atoms with van der Waals surface area (Å²) in [5.41, 5.74) is 9.01. The number of anilines is 1. The third-order valence-corrected chi connectivity index (χ3v) is 7.24. The van der Waals surface area contributed by atoms with Crippen LogP contribution in [0.3, 0.4) is 0 Å². The average molecular weight is 564 g/mol. The van der Waals surface area contributed by atoms with Crippen LogP contribution in [0.5, 0.6) is 0 Å². The Kier molecular flexibility index (Phi) is 10.8. The van der Waals surface area contributed by atoms with Gasteiger partial charge in [-0.05, 0) is 88.6 Å². The van der Waals surface area contributed by atoms with E-state index in [1.165, 1.54) is 5.57 Å². The zero-order valence-electron chi connectivity index (χ0n) is 26.0. The lowest BCUT2D eigenvalue weighted by molar-refractivity contribution is -0.112. The van der Waals surface area contributed by atoms with E-state index in [0.717, 1.165) is 27.8 Å². The zero-order valence-corrected chi connectivity index (χ0v) is 26.0. The van der Waals surface area contributed by atoms with Crippen molar-refractivity contribution < 1.29 is 14.3 Å². The molecule has 0 aliphatic heterocycles. The number of ether oxygens (including phenoxy) is 1. The van der Waals surface area contributed by atoms with Gasteiger partial charge in [-0.1, -0.05) is 54.6 Å². The normalized spacial score (nSPS) is 15.1. The minimum Gasteiger partial charge on any atom is -0.499 e. The first-order chi connectivity index (χ1) is 19.9. The maximum Gasteiger partial charge on any atom is 0.254 e.